The highest BCUT2D eigenvalue weighted by Gasteiger charge is 2.19. The van der Waals surface area contributed by atoms with Gasteiger partial charge in [-0.15, -0.1) is 0 Å². The van der Waals surface area contributed by atoms with Crippen LogP contribution in [-0.2, 0) is 4.74 Å². The van der Waals surface area contributed by atoms with E-state index in [1.165, 1.54) is 18.4 Å². The predicted molar refractivity (Wildman–Crippen MR) is 72.7 cm³/mol. The Morgan fingerprint density at radius 3 is 2.47 bits per heavy atom. The van der Waals surface area contributed by atoms with E-state index in [0.29, 0.717) is 12.6 Å². The van der Waals surface area contributed by atoms with E-state index in [4.69, 9.17) is 10.5 Å². The lowest BCUT2D eigenvalue weighted by Gasteiger charge is -2.24. The van der Waals surface area contributed by atoms with Gasteiger partial charge in [0.2, 0.25) is 0 Å². The molecule has 0 aliphatic rings. The van der Waals surface area contributed by atoms with Crippen molar-refractivity contribution in [1.82, 2.24) is 5.32 Å². The van der Waals surface area contributed by atoms with E-state index < -0.39 is 0 Å². The van der Waals surface area contributed by atoms with Gasteiger partial charge in [-0.2, -0.15) is 0 Å². The van der Waals surface area contributed by atoms with Gasteiger partial charge in [-0.05, 0) is 37.1 Å². The summed E-state index contributed by atoms with van der Waals surface area (Å²) in [5.41, 5.74) is 7.71. The van der Waals surface area contributed by atoms with Crippen LogP contribution in [0.25, 0.3) is 0 Å². The standard InChI is InChI=1S/C14H24N2O/c1-4-5-11(2)14(17-10-16-3)12-6-8-13(15)9-7-12/h6-9,11,14,16H,4-5,10,15H2,1-3H3/t11-,14?/m0/s1. The molecule has 2 atom stereocenters. The summed E-state index contributed by atoms with van der Waals surface area (Å²) in [6.45, 7) is 5.01. The van der Waals surface area contributed by atoms with Crippen LogP contribution in [0.5, 0.6) is 0 Å². The second-order valence-corrected chi connectivity index (χ2v) is 4.52. The lowest BCUT2D eigenvalue weighted by Crippen LogP contribution is -2.20. The normalized spacial score (nSPS) is 14.5. The summed E-state index contributed by atoms with van der Waals surface area (Å²) >= 11 is 0. The third-order valence-electron chi connectivity index (χ3n) is 2.93. The zero-order valence-corrected chi connectivity index (χ0v) is 11.1. The van der Waals surface area contributed by atoms with Crippen molar-refractivity contribution < 1.29 is 4.74 Å². The van der Waals surface area contributed by atoms with E-state index in [9.17, 15) is 0 Å². The molecule has 1 aromatic rings. The van der Waals surface area contributed by atoms with E-state index in [1.54, 1.807) is 0 Å². The average molecular weight is 236 g/mol. The molecule has 0 bridgehead atoms. The van der Waals surface area contributed by atoms with Gasteiger partial charge in [0.1, 0.15) is 0 Å². The summed E-state index contributed by atoms with van der Waals surface area (Å²) in [5, 5.41) is 3.03. The molecule has 3 N–H and O–H groups in total. The summed E-state index contributed by atoms with van der Waals surface area (Å²) in [7, 11) is 1.89. The van der Waals surface area contributed by atoms with E-state index in [0.717, 1.165) is 5.69 Å². The maximum Gasteiger partial charge on any atom is 0.0971 e. The molecule has 1 rings (SSSR count). The minimum atomic E-state index is 0.142. The highest BCUT2D eigenvalue weighted by molar-refractivity contribution is 5.40. The van der Waals surface area contributed by atoms with Crippen LogP contribution in [0.3, 0.4) is 0 Å². The number of nitrogens with one attached hydrogen (secondary N) is 1. The number of benzene rings is 1. The zero-order chi connectivity index (χ0) is 12.7. The molecular formula is C14H24N2O. The maximum atomic E-state index is 5.88. The van der Waals surface area contributed by atoms with Gasteiger partial charge in [-0.3, -0.25) is 5.32 Å². The van der Waals surface area contributed by atoms with Crippen LogP contribution in [0.4, 0.5) is 5.69 Å². The summed E-state index contributed by atoms with van der Waals surface area (Å²) in [6.07, 6.45) is 2.48. The summed E-state index contributed by atoms with van der Waals surface area (Å²) in [6, 6.07) is 7.98. The molecule has 0 amide bonds. The van der Waals surface area contributed by atoms with Gasteiger partial charge in [0, 0.05) is 5.69 Å². The Balaban J connectivity index is 2.77. The Bertz CT molecular complexity index is 311. The van der Waals surface area contributed by atoms with Crippen molar-refractivity contribution in [3.63, 3.8) is 0 Å². The van der Waals surface area contributed by atoms with Crippen molar-refractivity contribution in [1.29, 1.82) is 0 Å². The number of hydrogen-bond acceptors (Lipinski definition) is 3. The van der Waals surface area contributed by atoms with Crippen molar-refractivity contribution in [2.75, 3.05) is 19.5 Å². The molecule has 0 radical (unpaired) electrons. The zero-order valence-electron chi connectivity index (χ0n) is 11.1. The molecule has 0 aliphatic carbocycles. The largest absolute Gasteiger partial charge is 0.399 e. The van der Waals surface area contributed by atoms with Gasteiger partial charge in [0.15, 0.2) is 0 Å². The Labute approximate surface area is 104 Å². The third kappa shape index (κ3) is 4.36. The smallest absolute Gasteiger partial charge is 0.0971 e. The van der Waals surface area contributed by atoms with Gasteiger partial charge < -0.3 is 10.5 Å². The number of ether oxygens (including phenoxy) is 1. The molecule has 96 valence electrons. The quantitative estimate of drug-likeness (QED) is 0.565. The van der Waals surface area contributed by atoms with Gasteiger partial charge >= 0.3 is 0 Å². The SMILES string of the molecule is CCC[C@H](C)C(OCNC)c1ccc(N)cc1. The van der Waals surface area contributed by atoms with Crippen molar-refractivity contribution in [2.45, 2.75) is 32.8 Å². The maximum absolute atomic E-state index is 5.88. The summed E-state index contributed by atoms with van der Waals surface area (Å²) in [4.78, 5) is 0. The Kier molecular flexibility index (Phi) is 6.01. The monoisotopic (exact) mass is 236 g/mol. The van der Waals surface area contributed by atoms with Crippen LogP contribution in [0.2, 0.25) is 0 Å². The second-order valence-electron chi connectivity index (χ2n) is 4.52. The summed E-state index contributed by atoms with van der Waals surface area (Å²) < 4.78 is 5.88. The fraction of sp³-hybridized carbons (Fsp3) is 0.571. The van der Waals surface area contributed by atoms with E-state index in [1.807, 2.05) is 19.2 Å². The third-order valence-corrected chi connectivity index (χ3v) is 2.93. The number of nitrogen functional groups attached to an aromatic ring is 1. The number of hydrogen-bond donors (Lipinski definition) is 2. The van der Waals surface area contributed by atoms with Gasteiger partial charge in [0.25, 0.3) is 0 Å². The van der Waals surface area contributed by atoms with Crippen molar-refractivity contribution in [3.8, 4) is 0 Å². The van der Waals surface area contributed by atoms with Gasteiger partial charge in [-0.25, -0.2) is 0 Å². The molecule has 3 heteroatoms. The molecule has 0 fully saturated rings. The predicted octanol–water partition coefficient (Wildman–Crippen LogP) is 2.94. The summed E-state index contributed by atoms with van der Waals surface area (Å²) in [5.74, 6) is 0.511. The highest BCUT2D eigenvalue weighted by atomic mass is 16.5. The van der Waals surface area contributed by atoms with Crippen molar-refractivity contribution >= 4 is 5.69 Å². The van der Waals surface area contributed by atoms with Gasteiger partial charge in [0.05, 0.1) is 12.8 Å². The molecule has 0 aromatic heterocycles. The van der Waals surface area contributed by atoms with Crippen molar-refractivity contribution in [3.05, 3.63) is 29.8 Å². The van der Waals surface area contributed by atoms with Gasteiger partial charge in [-0.1, -0.05) is 32.4 Å². The van der Waals surface area contributed by atoms with Crippen LogP contribution in [0.15, 0.2) is 24.3 Å². The Hall–Kier alpha value is -1.06. The van der Waals surface area contributed by atoms with E-state index in [-0.39, 0.29) is 6.10 Å². The molecule has 0 heterocycles. The molecule has 3 nitrogen and oxygen atoms in total. The van der Waals surface area contributed by atoms with Crippen LogP contribution in [0.1, 0.15) is 38.4 Å². The molecule has 1 unspecified atom stereocenters. The lowest BCUT2D eigenvalue weighted by molar-refractivity contribution is 0.00538. The molecular weight excluding hydrogens is 212 g/mol. The number of nitrogens with two attached hydrogens (primary N) is 1. The Morgan fingerprint density at radius 2 is 1.94 bits per heavy atom. The average Bonchev–Trinajstić information content (AvgIpc) is 2.32. The first-order valence-electron chi connectivity index (χ1n) is 6.30. The number of rotatable bonds is 7. The molecule has 1 aromatic carbocycles. The molecule has 0 saturated heterocycles. The van der Waals surface area contributed by atoms with E-state index >= 15 is 0 Å². The second kappa shape index (κ2) is 7.30. The fourth-order valence-electron chi connectivity index (χ4n) is 2.05. The van der Waals surface area contributed by atoms with Crippen LogP contribution >= 0.6 is 0 Å². The minimum absolute atomic E-state index is 0.142. The number of anilines is 1. The first-order valence-corrected chi connectivity index (χ1v) is 6.30. The topological polar surface area (TPSA) is 47.3 Å². The molecule has 0 aliphatic heterocycles. The first kappa shape index (κ1) is 14.0. The fourth-order valence-corrected chi connectivity index (χ4v) is 2.05. The van der Waals surface area contributed by atoms with E-state index in [2.05, 4.69) is 31.3 Å². The first-order chi connectivity index (χ1) is 8.19. The Morgan fingerprint density at radius 1 is 1.29 bits per heavy atom. The molecule has 17 heavy (non-hydrogen) atoms. The van der Waals surface area contributed by atoms with Crippen molar-refractivity contribution in [2.24, 2.45) is 5.92 Å². The van der Waals surface area contributed by atoms with Crippen LogP contribution in [0, 0.1) is 5.92 Å². The molecule has 0 saturated carbocycles. The molecule has 0 spiro atoms. The highest BCUT2D eigenvalue weighted by Crippen LogP contribution is 2.29. The van der Waals surface area contributed by atoms with Crippen LogP contribution in [-0.4, -0.2) is 13.8 Å². The van der Waals surface area contributed by atoms with Crippen LogP contribution < -0.4 is 11.1 Å². The minimum Gasteiger partial charge on any atom is -0.399 e. The lowest BCUT2D eigenvalue weighted by atomic mass is 9.93.